The zero-order valence-electron chi connectivity index (χ0n) is 11.4. The van der Waals surface area contributed by atoms with Crippen LogP contribution >= 0.6 is 0 Å². The van der Waals surface area contributed by atoms with Crippen LogP contribution in [0.5, 0.6) is 0 Å². The highest BCUT2D eigenvalue weighted by Gasteiger charge is 2.41. The van der Waals surface area contributed by atoms with Gasteiger partial charge in [-0.3, -0.25) is 4.79 Å². The molecule has 2 aliphatic carbocycles. The normalized spacial score (nSPS) is 31.9. The molecule has 0 radical (unpaired) electrons. The number of rotatable bonds is 4. The Balaban J connectivity index is 1.89. The molecule has 2 bridgehead atoms. The highest BCUT2D eigenvalue weighted by atomic mass is 16.2. The summed E-state index contributed by atoms with van der Waals surface area (Å²) in [7, 11) is 1.94. The number of carbonyl (C=O) groups is 1. The van der Waals surface area contributed by atoms with Gasteiger partial charge in [0.25, 0.3) is 0 Å². The monoisotopic (exact) mass is 238 g/mol. The van der Waals surface area contributed by atoms with Gasteiger partial charge < -0.3 is 10.6 Å². The third-order valence-corrected chi connectivity index (χ3v) is 4.83. The SMILES string of the molecule is CN(CC1CC2CCC1C2)C(=O)C(C)(C)CN. The van der Waals surface area contributed by atoms with E-state index in [1.807, 2.05) is 25.8 Å². The number of hydrogen-bond donors (Lipinski definition) is 1. The Labute approximate surface area is 105 Å². The molecule has 2 N–H and O–H groups in total. The molecule has 0 aliphatic heterocycles. The molecule has 3 nitrogen and oxygen atoms in total. The predicted octanol–water partition coefficient (Wildman–Crippen LogP) is 1.87. The molecule has 2 rings (SSSR count). The lowest BCUT2D eigenvalue weighted by molar-refractivity contribution is -0.139. The van der Waals surface area contributed by atoms with Crippen LogP contribution < -0.4 is 5.73 Å². The molecular weight excluding hydrogens is 212 g/mol. The van der Waals surface area contributed by atoms with E-state index in [-0.39, 0.29) is 5.91 Å². The molecule has 3 unspecified atom stereocenters. The third-order valence-electron chi connectivity index (χ3n) is 4.83. The van der Waals surface area contributed by atoms with Crippen molar-refractivity contribution in [3.8, 4) is 0 Å². The summed E-state index contributed by atoms with van der Waals surface area (Å²) in [6, 6.07) is 0. The third kappa shape index (κ3) is 2.49. The summed E-state index contributed by atoms with van der Waals surface area (Å²) < 4.78 is 0. The van der Waals surface area contributed by atoms with Gasteiger partial charge in [-0.05, 0) is 50.9 Å². The molecule has 17 heavy (non-hydrogen) atoms. The molecule has 2 aliphatic rings. The molecule has 0 heterocycles. The summed E-state index contributed by atoms with van der Waals surface area (Å²) in [5, 5.41) is 0. The van der Waals surface area contributed by atoms with Gasteiger partial charge in [-0.15, -0.1) is 0 Å². The van der Waals surface area contributed by atoms with Crippen LogP contribution in [0.3, 0.4) is 0 Å². The average molecular weight is 238 g/mol. The summed E-state index contributed by atoms with van der Waals surface area (Å²) in [6.45, 7) is 5.23. The van der Waals surface area contributed by atoms with Gasteiger partial charge in [-0.25, -0.2) is 0 Å². The highest BCUT2D eigenvalue weighted by Crippen LogP contribution is 2.48. The highest BCUT2D eigenvalue weighted by molar-refractivity contribution is 5.81. The predicted molar refractivity (Wildman–Crippen MR) is 69.4 cm³/mol. The Kier molecular flexibility index (Phi) is 3.48. The summed E-state index contributed by atoms with van der Waals surface area (Å²) in [4.78, 5) is 14.2. The Bertz CT molecular complexity index is 301. The first-order valence-corrected chi connectivity index (χ1v) is 6.89. The number of nitrogens with two attached hydrogens (primary N) is 1. The van der Waals surface area contributed by atoms with E-state index in [0.717, 1.165) is 24.3 Å². The van der Waals surface area contributed by atoms with Gasteiger partial charge in [0.15, 0.2) is 0 Å². The van der Waals surface area contributed by atoms with Gasteiger partial charge in [-0.1, -0.05) is 6.42 Å². The van der Waals surface area contributed by atoms with Crippen molar-refractivity contribution in [3.63, 3.8) is 0 Å². The Hall–Kier alpha value is -0.570. The first-order chi connectivity index (χ1) is 7.94. The second-order valence-corrected chi connectivity index (χ2v) is 6.71. The van der Waals surface area contributed by atoms with E-state index in [1.54, 1.807) is 0 Å². The number of amides is 1. The topological polar surface area (TPSA) is 46.3 Å². The fourth-order valence-corrected chi connectivity index (χ4v) is 3.64. The minimum absolute atomic E-state index is 0.197. The summed E-state index contributed by atoms with van der Waals surface area (Å²) in [5.74, 6) is 2.78. The fourth-order valence-electron chi connectivity index (χ4n) is 3.64. The standard InChI is InChI=1S/C14H26N2O/c1-14(2,9-15)13(17)16(3)8-12-7-10-4-5-11(12)6-10/h10-12H,4-9,15H2,1-3H3. The molecule has 98 valence electrons. The van der Waals surface area contributed by atoms with Crippen molar-refractivity contribution in [2.75, 3.05) is 20.1 Å². The quantitative estimate of drug-likeness (QED) is 0.812. The smallest absolute Gasteiger partial charge is 0.229 e. The first kappa shape index (κ1) is 12.9. The number of carbonyl (C=O) groups excluding carboxylic acids is 1. The van der Waals surface area contributed by atoms with E-state index in [1.165, 1.54) is 25.7 Å². The molecule has 3 heteroatoms. The Morgan fingerprint density at radius 3 is 2.53 bits per heavy atom. The van der Waals surface area contributed by atoms with Crippen molar-refractivity contribution in [3.05, 3.63) is 0 Å². The molecular formula is C14H26N2O. The average Bonchev–Trinajstić information content (AvgIpc) is 2.89. The number of nitrogens with zero attached hydrogens (tertiary/aromatic N) is 1. The second-order valence-electron chi connectivity index (χ2n) is 6.71. The number of fused-ring (bicyclic) bond motifs is 2. The van der Waals surface area contributed by atoms with Crippen LogP contribution in [0.25, 0.3) is 0 Å². The molecule has 1 amide bonds. The minimum atomic E-state index is -0.410. The first-order valence-electron chi connectivity index (χ1n) is 6.89. The van der Waals surface area contributed by atoms with Crippen molar-refractivity contribution >= 4 is 5.91 Å². The molecule has 0 saturated heterocycles. The van der Waals surface area contributed by atoms with Crippen molar-refractivity contribution in [2.45, 2.75) is 39.5 Å². The van der Waals surface area contributed by atoms with Crippen LogP contribution in [0.4, 0.5) is 0 Å². The van der Waals surface area contributed by atoms with Crippen LogP contribution in [0.15, 0.2) is 0 Å². The molecule has 0 spiro atoms. The van der Waals surface area contributed by atoms with Gasteiger partial charge in [-0.2, -0.15) is 0 Å². The van der Waals surface area contributed by atoms with Gasteiger partial charge in [0.2, 0.25) is 5.91 Å². The molecule has 2 saturated carbocycles. The van der Waals surface area contributed by atoms with Crippen molar-refractivity contribution in [2.24, 2.45) is 28.9 Å². The van der Waals surface area contributed by atoms with E-state index in [9.17, 15) is 4.79 Å². The van der Waals surface area contributed by atoms with Gasteiger partial charge in [0, 0.05) is 20.1 Å². The van der Waals surface area contributed by atoms with Crippen LogP contribution in [0, 0.1) is 23.2 Å². The van der Waals surface area contributed by atoms with Gasteiger partial charge in [0.05, 0.1) is 5.41 Å². The Morgan fingerprint density at radius 2 is 2.06 bits per heavy atom. The second kappa shape index (κ2) is 4.60. The summed E-state index contributed by atoms with van der Waals surface area (Å²) in [5.41, 5.74) is 5.26. The molecule has 2 fully saturated rings. The van der Waals surface area contributed by atoms with Crippen molar-refractivity contribution in [1.82, 2.24) is 4.90 Å². The fraction of sp³-hybridized carbons (Fsp3) is 0.929. The molecule has 0 aromatic carbocycles. The van der Waals surface area contributed by atoms with Crippen molar-refractivity contribution < 1.29 is 4.79 Å². The largest absolute Gasteiger partial charge is 0.345 e. The zero-order valence-corrected chi connectivity index (χ0v) is 11.4. The summed E-state index contributed by atoms with van der Waals surface area (Å²) >= 11 is 0. The molecule has 0 aromatic rings. The van der Waals surface area contributed by atoms with Gasteiger partial charge in [0.1, 0.15) is 0 Å². The maximum Gasteiger partial charge on any atom is 0.229 e. The van der Waals surface area contributed by atoms with E-state index in [2.05, 4.69) is 0 Å². The van der Waals surface area contributed by atoms with Crippen LogP contribution in [-0.4, -0.2) is 30.9 Å². The van der Waals surface area contributed by atoms with Crippen molar-refractivity contribution in [1.29, 1.82) is 0 Å². The number of hydrogen-bond acceptors (Lipinski definition) is 2. The lowest BCUT2D eigenvalue weighted by atomic mass is 9.87. The molecule has 3 atom stereocenters. The lowest BCUT2D eigenvalue weighted by Crippen LogP contribution is -2.45. The minimum Gasteiger partial charge on any atom is -0.345 e. The van der Waals surface area contributed by atoms with E-state index >= 15 is 0 Å². The summed E-state index contributed by atoms with van der Waals surface area (Å²) in [6.07, 6.45) is 5.56. The van der Waals surface area contributed by atoms with Crippen LogP contribution in [0.2, 0.25) is 0 Å². The van der Waals surface area contributed by atoms with E-state index in [4.69, 9.17) is 5.73 Å². The zero-order chi connectivity index (χ0) is 12.6. The molecule has 0 aromatic heterocycles. The lowest BCUT2D eigenvalue weighted by Gasteiger charge is -2.32. The van der Waals surface area contributed by atoms with E-state index < -0.39 is 5.41 Å². The van der Waals surface area contributed by atoms with Crippen LogP contribution in [-0.2, 0) is 4.79 Å². The maximum atomic E-state index is 12.2. The van der Waals surface area contributed by atoms with Gasteiger partial charge >= 0.3 is 0 Å². The van der Waals surface area contributed by atoms with Crippen LogP contribution in [0.1, 0.15) is 39.5 Å². The maximum absolute atomic E-state index is 12.2. The van der Waals surface area contributed by atoms with E-state index in [0.29, 0.717) is 6.54 Å². The Morgan fingerprint density at radius 1 is 1.35 bits per heavy atom.